The second-order valence-electron chi connectivity index (χ2n) is 7.37. The van der Waals surface area contributed by atoms with Gasteiger partial charge in [0.25, 0.3) is 0 Å². The molecule has 3 atom stereocenters. The first-order valence-corrected chi connectivity index (χ1v) is 10.7. The van der Waals surface area contributed by atoms with Gasteiger partial charge in [-0.2, -0.15) is 4.31 Å². The van der Waals surface area contributed by atoms with Crippen LogP contribution in [0.5, 0.6) is 5.75 Å². The number of nitrogens with zero attached hydrogens (tertiary/aromatic N) is 2. The Bertz CT molecular complexity index is 726. The quantitative estimate of drug-likeness (QED) is 0.783. The number of rotatable bonds is 2. The van der Waals surface area contributed by atoms with Gasteiger partial charge in [-0.15, -0.1) is 12.4 Å². The van der Waals surface area contributed by atoms with Crippen LogP contribution in [0.15, 0.2) is 18.2 Å². The van der Waals surface area contributed by atoms with Crippen molar-refractivity contribution in [2.75, 3.05) is 33.0 Å². The molecule has 0 unspecified atom stereocenters. The van der Waals surface area contributed by atoms with Gasteiger partial charge in [0.1, 0.15) is 5.75 Å². The summed E-state index contributed by atoms with van der Waals surface area (Å²) in [5.74, 6) is 1.41. The molecular formula is C18H27ClN2O3S. The molecule has 0 amide bonds. The smallest absolute Gasteiger partial charge is 0.211 e. The Balaban J connectivity index is 0.00000182. The topological polar surface area (TPSA) is 49.9 Å². The van der Waals surface area contributed by atoms with Crippen LogP contribution in [0, 0.1) is 5.92 Å². The molecule has 0 bridgehead atoms. The standard InChI is InChI=1S/C18H26N2O3S.ClH/c1-23-17-7-3-5-13-8-10-19-12-14-6-4-9-20(24(2,21)22)15(14)11-16(19)18(13)17;/h3,5,7,14-16H,4,6,8-12H2,1-2H3;1H/t14-,15+,16-;/m1./s1. The predicted octanol–water partition coefficient (Wildman–Crippen LogP) is 2.46. The molecule has 0 saturated carbocycles. The molecule has 0 aromatic heterocycles. The molecule has 0 aliphatic carbocycles. The molecule has 1 aromatic rings. The number of methoxy groups -OCH3 is 1. The van der Waals surface area contributed by atoms with E-state index in [1.807, 2.05) is 6.07 Å². The zero-order chi connectivity index (χ0) is 16.9. The normalized spacial score (nSPS) is 29.8. The van der Waals surface area contributed by atoms with Crippen molar-refractivity contribution in [3.05, 3.63) is 29.3 Å². The summed E-state index contributed by atoms with van der Waals surface area (Å²) in [4.78, 5) is 2.55. The fourth-order valence-corrected chi connectivity index (χ4v) is 6.23. The second kappa shape index (κ2) is 7.06. The Labute approximate surface area is 156 Å². The summed E-state index contributed by atoms with van der Waals surface area (Å²) in [7, 11) is -1.42. The summed E-state index contributed by atoms with van der Waals surface area (Å²) < 4.78 is 31.9. The van der Waals surface area contributed by atoms with Crippen molar-refractivity contribution in [2.24, 2.45) is 5.92 Å². The molecule has 25 heavy (non-hydrogen) atoms. The SMILES string of the molecule is COc1cccc2c1[C@H]1C[C@H]3[C@H](CCCN3S(C)(=O)=O)CN1CC2.Cl. The average molecular weight is 387 g/mol. The maximum absolute atomic E-state index is 12.3. The fraction of sp³-hybridized carbons (Fsp3) is 0.667. The van der Waals surface area contributed by atoms with E-state index in [2.05, 4.69) is 17.0 Å². The van der Waals surface area contributed by atoms with E-state index in [0.29, 0.717) is 12.5 Å². The Morgan fingerprint density at radius 1 is 1.24 bits per heavy atom. The summed E-state index contributed by atoms with van der Waals surface area (Å²) in [5, 5.41) is 0. The van der Waals surface area contributed by atoms with Crippen molar-refractivity contribution in [1.29, 1.82) is 0 Å². The van der Waals surface area contributed by atoms with Gasteiger partial charge in [0.05, 0.1) is 13.4 Å². The lowest BCUT2D eigenvalue weighted by atomic mass is 9.77. The third-order valence-electron chi connectivity index (χ3n) is 6.05. The van der Waals surface area contributed by atoms with Crippen LogP contribution >= 0.6 is 12.4 Å². The minimum absolute atomic E-state index is 0. The molecule has 0 radical (unpaired) electrons. The van der Waals surface area contributed by atoms with E-state index >= 15 is 0 Å². The Hall–Kier alpha value is -0.820. The Morgan fingerprint density at radius 2 is 2.04 bits per heavy atom. The van der Waals surface area contributed by atoms with Crippen molar-refractivity contribution in [3.63, 3.8) is 0 Å². The van der Waals surface area contributed by atoms with E-state index in [0.717, 1.165) is 44.5 Å². The van der Waals surface area contributed by atoms with Gasteiger partial charge in [0.15, 0.2) is 0 Å². The number of hydrogen-bond acceptors (Lipinski definition) is 4. The summed E-state index contributed by atoms with van der Waals surface area (Å²) in [6.07, 6.45) is 5.41. The van der Waals surface area contributed by atoms with Crippen molar-refractivity contribution >= 4 is 22.4 Å². The zero-order valence-electron chi connectivity index (χ0n) is 14.8. The minimum atomic E-state index is -3.14. The highest BCUT2D eigenvalue weighted by Crippen LogP contribution is 2.46. The van der Waals surface area contributed by atoms with Crippen LogP contribution < -0.4 is 4.74 Å². The molecule has 2 fully saturated rings. The van der Waals surface area contributed by atoms with Crippen molar-refractivity contribution in [1.82, 2.24) is 9.21 Å². The number of ether oxygens (including phenoxy) is 1. The highest BCUT2D eigenvalue weighted by Gasteiger charge is 2.45. The van der Waals surface area contributed by atoms with Gasteiger partial charge in [-0.25, -0.2) is 8.42 Å². The maximum Gasteiger partial charge on any atom is 0.211 e. The monoisotopic (exact) mass is 386 g/mol. The largest absolute Gasteiger partial charge is 0.496 e. The number of benzene rings is 1. The molecular weight excluding hydrogens is 360 g/mol. The molecule has 0 N–H and O–H groups in total. The number of fused-ring (bicyclic) bond motifs is 4. The molecule has 0 spiro atoms. The third kappa shape index (κ3) is 3.29. The lowest BCUT2D eigenvalue weighted by Gasteiger charge is -2.51. The van der Waals surface area contributed by atoms with E-state index in [-0.39, 0.29) is 24.5 Å². The van der Waals surface area contributed by atoms with Crippen LogP contribution in [-0.4, -0.2) is 56.7 Å². The van der Waals surface area contributed by atoms with E-state index < -0.39 is 10.0 Å². The van der Waals surface area contributed by atoms with Gasteiger partial charge < -0.3 is 4.74 Å². The van der Waals surface area contributed by atoms with Gasteiger partial charge >= 0.3 is 0 Å². The first-order chi connectivity index (χ1) is 11.5. The molecule has 4 rings (SSSR count). The second-order valence-corrected chi connectivity index (χ2v) is 9.31. The van der Waals surface area contributed by atoms with Crippen molar-refractivity contribution in [3.8, 4) is 5.75 Å². The number of hydrogen-bond donors (Lipinski definition) is 0. The van der Waals surface area contributed by atoms with Gasteiger partial charge in [-0.1, -0.05) is 12.1 Å². The molecule has 7 heteroatoms. The summed E-state index contributed by atoms with van der Waals surface area (Å²) >= 11 is 0. The Morgan fingerprint density at radius 3 is 2.76 bits per heavy atom. The van der Waals surface area contributed by atoms with Gasteiger partial charge in [0.2, 0.25) is 10.0 Å². The fourth-order valence-electron chi connectivity index (χ4n) is 5.02. The zero-order valence-corrected chi connectivity index (χ0v) is 16.5. The molecule has 140 valence electrons. The van der Waals surface area contributed by atoms with Crippen LogP contribution in [0.2, 0.25) is 0 Å². The molecule has 3 aliphatic rings. The van der Waals surface area contributed by atoms with E-state index in [1.165, 1.54) is 17.4 Å². The predicted molar refractivity (Wildman–Crippen MR) is 101 cm³/mol. The maximum atomic E-state index is 12.3. The van der Waals surface area contributed by atoms with E-state index in [1.54, 1.807) is 11.4 Å². The number of piperidine rings is 2. The van der Waals surface area contributed by atoms with Crippen LogP contribution in [-0.2, 0) is 16.4 Å². The van der Waals surface area contributed by atoms with Crippen LogP contribution in [0.4, 0.5) is 0 Å². The van der Waals surface area contributed by atoms with E-state index in [9.17, 15) is 8.42 Å². The van der Waals surface area contributed by atoms with Gasteiger partial charge in [-0.05, 0) is 43.2 Å². The molecule has 5 nitrogen and oxygen atoms in total. The first-order valence-electron chi connectivity index (χ1n) is 8.85. The van der Waals surface area contributed by atoms with E-state index in [4.69, 9.17) is 4.74 Å². The van der Waals surface area contributed by atoms with Crippen LogP contribution in [0.3, 0.4) is 0 Å². The van der Waals surface area contributed by atoms with Crippen LogP contribution in [0.1, 0.15) is 36.4 Å². The molecule has 1 aromatic carbocycles. The average Bonchev–Trinajstić information content (AvgIpc) is 2.57. The lowest BCUT2D eigenvalue weighted by Crippen LogP contribution is -2.57. The number of sulfonamides is 1. The lowest BCUT2D eigenvalue weighted by molar-refractivity contribution is 0.0213. The summed E-state index contributed by atoms with van der Waals surface area (Å²) in [5.41, 5.74) is 2.64. The summed E-state index contributed by atoms with van der Waals surface area (Å²) in [6.45, 7) is 2.73. The highest BCUT2D eigenvalue weighted by atomic mass is 35.5. The van der Waals surface area contributed by atoms with Crippen molar-refractivity contribution in [2.45, 2.75) is 37.8 Å². The molecule has 3 aliphatic heterocycles. The molecule has 3 heterocycles. The molecule has 2 saturated heterocycles. The van der Waals surface area contributed by atoms with Crippen molar-refractivity contribution < 1.29 is 13.2 Å². The summed E-state index contributed by atoms with van der Waals surface area (Å²) in [6, 6.07) is 6.68. The number of halogens is 1. The third-order valence-corrected chi connectivity index (χ3v) is 7.35. The highest BCUT2D eigenvalue weighted by molar-refractivity contribution is 7.88. The van der Waals surface area contributed by atoms with Crippen LogP contribution in [0.25, 0.3) is 0 Å². The first kappa shape index (κ1) is 19.0. The minimum Gasteiger partial charge on any atom is -0.496 e. The van der Waals surface area contributed by atoms with Gasteiger partial charge in [0, 0.05) is 37.3 Å². The van der Waals surface area contributed by atoms with Gasteiger partial charge in [-0.3, -0.25) is 4.90 Å². The Kier molecular flexibility index (Phi) is 5.36.